The standard InChI is InChI=1S/C28H38N2O2/c1-7-10-25-24(15-18-32-6)29-28(8-2,26-11-9-17-30(25)26)16-14-21(4)27(31)23-13-12-20(3)22(5)19-23/h9-13,17,19,21H,7-8,14-16,18H2,1-6H3/b25-10+. The van der Waals surface area contributed by atoms with Crippen LogP contribution >= 0.6 is 0 Å². The number of benzene rings is 1. The van der Waals surface area contributed by atoms with Crippen molar-refractivity contribution in [2.45, 2.75) is 72.3 Å². The second-order valence-corrected chi connectivity index (χ2v) is 9.05. The monoisotopic (exact) mass is 434 g/mol. The molecule has 172 valence electrons. The number of hydrogen-bond acceptors (Lipinski definition) is 3. The van der Waals surface area contributed by atoms with Gasteiger partial charge in [-0.25, -0.2) is 0 Å². The normalized spacial score (nSPS) is 20.2. The number of aromatic nitrogens is 1. The van der Waals surface area contributed by atoms with Crippen molar-refractivity contribution in [3.63, 3.8) is 0 Å². The molecule has 0 fully saturated rings. The number of Topliss-reactive ketones (excluding diaryl/α,β-unsaturated/α-hetero) is 1. The maximum absolute atomic E-state index is 13.1. The summed E-state index contributed by atoms with van der Waals surface area (Å²) in [5, 5.41) is 0. The van der Waals surface area contributed by atoms with Gasteiger partial charge < -0.3 is 9.30 Å². The van der Waals surface area contributed by atoms with Gasteiger partial charge in [0, 0.05) is 31.2 Å². The number of ether oxygens (including phenoxy) is 1. The van der Waals surface area contributed by atoms with Gasteiger partial charge in [0.1, 0.15) is 5.54 Å². The van der Waals surface area contributed by atoms with Crippen molar-refractivity contribution in [1.82, 2.24) is 4.57 Å². The molecule has 0 amide bonds. The van der Waals surface area contributed by atoms with Gasteiger partial charge in [-0.05, 0) is 68.9 Å². The van der Waals surface area contributed by atoms with Crippen LogP contribution in [0.1, 0.15) is 80.1 Å². The molecule has 0 saturated carbocycles. The summed E-state index contributed by atoms with van der Waals surface area (Å²) in [6, 6.07) is 10.3. The van der Waals surface area contributed by atoms with Gasteiger partial charge in [-0.1, -0.05) is 39.0 Å². The van der Waals surface area contributed by atoms with E-state index in [1.807, 2.05) is 18.2 Å². The Morgan fingerprint density at radius 3 is 2.66 bits per heavy atom. The molecule has 1 aliphatic heterocycles. The average molecular weight is 435 g/mol. The van der Waals surface area contributed by atoms with Gasteiger partial charge in [-0.3, -0.25) is 9.79 Å². The third-order valence-electron chi connectivity index (χ3n) is 6.89. The molecule has 2 atom stereocenters. The highest BCUT2D eigenvalue weighted by Gasteiger charge is 2.38. The highest BCUT2D eigenvalue weighted by atomic mass is 16.5. The highest BCUT2D eigenvalue weighted by molar-refractivity contribution is 6.19. The Kier molecular flexibility index (Phi) is 7.89. The Labute approximate surface area is 193 Å². The second kappa shape index (κ2) is 10.4. The molecule has 0 bridgehead atoms. The van der Waals surface area contributed by atoms with Crippen LogP contribution in [0.2, 0.25) is 0 Å². The van der Waals surface area contributed by atoms with Gasteiger partial charge >= 0.3 is 0 Å². The van der Waals surface area contributed by atoms with Gasteiger partial charge in [0.2, 0.25) is 0 Å². The summed E-state index contributed by atoms with van der Waals surface area (Å²) in [7, 11) is 1.74. The molecule has 32 heavy (non-hydrogen) atoms. The summed E-state index contributed by atoms with van der Waals surface area (Å²) in [4.78, 5) is 18.5. The number of carbonyl (C=O) groups excluding carboxylic acids is 1. The average Bonchev–Trinajstić information content (AvgIpc) is 3.29. The Morgan fingerprint density at radius 1 is 1.22 bits per heavy atom. The minimum atomic E-state index is -0.310. The number of carbonyl (C=O) groups is 1. The van der Waals surface area contributed by atoms with Crippen LogP contribution in [-0.4, -0.2) is 29.8 Å². The molecule has 2 unspecified atom stereocenters. The molecule has 2 heterocycles. The predicted octanol–water partition coefficient (Wildman–Crippen LogP) is 6.75. The van der Waals surface area contributed by atoms with E-state index in [1.165, 1.54) is 22.5 Å². The lowest BCUT2D eigenvalue weighted by Gasteiger charge is -2.37. The predicted molar refractivity (Wildman–Crippen MR) is 134 cm³/mol. The van der Waals surface area contributed by atoms with Gasteiger partial charge in [0.15, 0.2) is 5.78 Å². The fourth-order valence-corrected chi connectivity index (χ4v) is 4.66. The summed E-state index contributed by atoms with van der Waals surface area (Å²) in [6.07, 6.45) is 8.70. The highest BCUT2D eigenvalue weighted by Crippen LogP contribution is 2.42. The molecule has 0 aliphatic carbocycles. The van der Waals surface area contributed by atoms with Gasteiger partial charge in [-0.2, -0.15) is 0 Å². The number of aliphatic imine (C=N–C) groups is 1. The molecule has 0 N–H and O–H groups in total. The first-order valence-electron chi connectivity index (χ1n) is 11.9. The van der Waals surface area contributed by atoms with Crippen molar-refractivity contribution in [1.29, 1.82) is 0 Å². The quantitative estimate of drug-likeness (QED) is 0.388. The maximum Gasteiger partial charge on any atom is 0.165 e. The lowest BCUT2D eigenvalue weighted by molar-refractivity contribution is 0.0917. The van der Waals surface area contributed by atoms with E-state index in [1.54, 1.807) is 7.11 Å². The summed E-state index contributed by atoms with van der Waals surface area (Å²) < 4.78 is 7.68. The molecule has 3 rings (SSSR count). The van der Waals surface area contributed by atoms with Crippen LogP contribution in [0.5, 0.6) is 0 Å². The third-order valence-corrected chi connectivity index (χ3v) is 6.89. The largest absolute Gasteiger partial charge is 0.384 e. The zero-order chi connectivity index (χ0) is 23.3. The van der Waals surface area contributed by atoms with E-state index in [2.05, 4.69) is 63.6 Å². The summed E-state index contributed by atoms with van der Waals surface area (Å²) >= 11 is 0. The van der Waals surface area contributed by atoms with Crippen molar-refractivity contribution in [2.75, 3.05) is 13.7 Å². The van der Waals surface area contributed by atoms with Crippen LogP contribution in [0.25, 0.3) is 5.70 Å². The number of hydrogen-bond donors (Lipinski definition) is 0. The number of ketones is 1. The zero-order valence-corrected chi connectivity index (χ0v) is 20.6. The number of aryl methyl sites for hydroxylation is 2. The fourth-order valence-electron chi connectivity index (χ4n) is 4.66. The van der Waals surface area contributed by atoms with E-state index >= 15 is 0 Å². The van der Waals surface area contributed by atoms with Crippen molar-refractivity contribution < 1.29 is 9.53 Å². The molecule has 4 heteroatoms. The van der Waals surface area contributed by atoms with E-state index < -0.39 is 0 Å². The minimum Gasteiger partial charge on any atom is -0.384 e. The first-order valence-corrected chi connectivity index (χ1v) is 11.9. The Balaban J connectivity index is 1.88. The number of allylic oxidation sites excluding steroid dienone is 2. The lowest BCUT2D eigenvalue weighted by Crippen LogP contribution is -2.34. The van der Waals surface area contributed by atoms with Crippen molar-refractivity contribution >= 4 is 17.2 Å². The minimum absolute atomic E-state index is 0.0471. The topological polar surface area (TPSA) is 43.6 Å². The van der Waals surface area contributed by atoms with Crippen LogP contribution < -0.4 is 0 Å². The third kappa shape index (κ3) is 4.80. The van der Waals surface area contributed by atoms with Gasteiger partial charge in [0.25, 0.3) is 0 Å². The lowest BCUT2D eigenvalue weighted by atomic mass is 9.81. The fraction of sp³-hybridized carbons (Fsp3) is 0.500. The maximum atomic E-state index is 13.1. The SMILES string of the molecule is CC/C=C1\C(CCOC)=NC(CC)(CCC(C)C(=O)c2ccc(C)c(C)c2)c2cccn21. The molecule has 1 aromatic carbocycles. The first-order chi connectivity index (χ1) is 15.4. The molecule has 2 aromatic rings. The van der Waals surface area contributed by atoms with Crippen LogP contribution in [0, 0.1) is 19.8 Å². The van der Waals surface area contributed by atoms with Gasteiger partial charge in [0.05, 0.1) is 23.7 Å². The first kappa shape index (κ1) is 24.2. The van der Waals surface area contributed by atoms with E-state index in [-0.39, 0.29) is 17.2 Å². The number of fused-ring (bicyclic) bond motifs is 1. The number of rotatable bonds is 10. The Hall–Kier alpha value is -2.46. The zero-order valence-electron chi connectivity index (χ0n) is 20.6. The molecule has 1 aromatic heterocycles. The molecular weight excluding hydrogens is 396 g/mol. The Bertz CT molecular complexity index is 1010. The molecular formula is C28H38N2O2. The number of nitrogens with zero attached hydrogens (tertiary/aromatic N) is 2. The van der Waals surface area contributed by atoms with E-state index in [9.17, 15) is 4.79 Å². The van der Waals surface area contributed by atoms with Gasteiger partial charge in [-0.15, -0.1) is 0 Å². The molecule has 0 spiro atoms. The molecule has 1 aliphatic rings. The van der Waals surface area contributed by atoms with Crippen LogP contribution in [0.15, 0.2) is 47.6 Å². The van der Waals surface area contributed by atoms with Crippen molar-refractivity contribution in [2.24, 2.45) is 10.9 Å². The second-order valence-electron chi connectivity index (χ2n) is 9.05. The van der Waals surface area contributed by atoms with Crippen LogP contribution in [0.4, 0.5) is 0 Å². The summed E-state index contributed by atoms with van der Waals surface area (Å²) in [5.41, 5.74) is 6.40. The van der Waals surface area contributed by atoms with Crippen molar-refractivity contribution in [3.05, 3.63) is 65.0 Å². The van der Waals surface area contributed by atoms with Crippen LogP contribution in [-0.2, 0) is 10.3 Å². The Morgan fingerprint density at radius 2 is 2.00 bits per heavy atom. The molecule has 0 saturated heterocycles. The smallest absolute Gasteiger partial charge is 0.165 e. The summed E-state index contributed by atoms with van der Waals surface area (Å²) in [6.45, 7) is 11.2. The van der Waals surface area contributed by atoms with E-state index in [0.29, 0.717) is 6.61 Å². The van der Waals surface area contributed by atoms with E-state index in [4.69, 9.17) is 9.73 Å². The van der Waals surface area contributed by atoms with E-state index in [0.717, 1.165) is 43.4 Å². The van der Waals surface area contributed by atoms with Crippen LogP contribution in [0.3, 0.4) is 0 Å². The molecule has 0 radical (unpaired) electrons. The summed E-state index contributed by atoms with van der Waals surface area (Å²) in [5.74, 6) is 0.176. The molecule has 4 nitrogen and oxygen atoms in total. The van der Waals surface area contributed by atoms with Crippen molar-refractivity contribution in [3.8, 4) is 0 Å². The number of methoxy groups -OCH3 is 1.